The number of hydrogen-bond donors (Lipinski definition) is 11. The molecule has 6 amide bonds. The highest BCUT2D eigenvalue weighted by atomic mass is 16.3. The van der Waals surface area contributed by atoms with Gasteiger partial charge < -0.3 is 74.6 Å². The van der Waals surface area contributed by atoms with Gasteiger partial charge in [0.05, 0.1) is 6.61 Å². The molecule has 0 aliphatic carbocycles. The summed E-state index contributed by atoms with van der Waals surface area (Å²) >= 11 is 0. The summed E-state index contributed by atoms with van der Waals surface area (Å²) in [5.74, 6) is -0.998. The van der Waals surface area contributed by atoms with Crippen LogP contribution < -0.4 is 54.8 Å². The third kappa shape index (κ3) is 29.1. The fraction of sp³-hybridized carbons (Fsp3) is 0.812. The highest BCUT2D eigenvalue weighted by Gasteiger charge is 2.15. The highest BCUT2D eigenvalue weighted by molar-refractivity contribution is 5.78. The maximum atomic E-state index is 12.6. The van der Waals surface area contributed by atoms with Gasteiger partial charge in [-0.2, -0.15) is 0 Å². The van der Waals surface area contributed by atoms with Crippen molar-refractivity contribution in [1.82, 2.24) is 46.6 Å². The quantitative estimate of drug-likeness (QED) is 0.0292. The summed E-state index contributed by atoms with van der Waals surface area (Å²) in [6.45, 7) is 6.78. The van der Waals surface area contributed by atoms with Crippen molar-refractivity contribution in [3.63, 3.8) is 0 Å². The van der Waals surface area contributed by atoms with E-state index in [2.05, 4.69) is 31.9 Å². The SMILES string of the molecule is NCCNC(=O)CCN(CCNC(=O)CCN(CCO)CCC(=O)NCCN(CCC(=O)NCCN)CCC(=O)NCCN)CCC(=O)NCCN. The van der Waals surface area contributed by atoms with Gasteiger partial charge in [0.25, 0.3) is 0 Å². The van der Waals surface area contributed by atoms with Crippen molar-refractivity contribution in [1.29, 1.82) is 0 Å². The van der Waals surface area contributed by atoms with Crippen LogP contribution in [0.15, 0.2) is 0 Å². The van der Waals surface area contributed by atoms with Crippen LogP contribution in [0.3, 0.4) is 0 Å². The molecule has 0 aliphatic rings. The molecule has 0 heterocycles. The number of carbonyl (C=O) groups excluding carboxylic acids is 6. The summed E-state index contributed by atoms with van der Waals surface area (Å²) < 4.78 is 0. The molecule has 0 fully saturated rings. The number of rotatable bonds is 34. The Morgan fingerprint density at radius 1 is 0.346 bits per heavy atom. The lowest BCUT2D eigenvalue weighted by Gasteiger charge is -2.23. The Balaban J connectivity index is 4.75. The summed E-state index contributed by atoms with van der Waals surface area (Å²) in [4.78, 5) is 79.1. The first-order valence-electron chi connectivity index (χ1n) is 18.3. The molecule has 0 aliphatic heterocycles. The third-order valence-corrected chi connectivity index (χ3v) is 7.71. The van der Waals surface area contributed by atoms with Crippen LogP contribution in [-0.4, -0.2) is 186 Å². The topological polar surface area (TPSA) is 309 Å². The molecule has 0 bridgehead atoms. The van der Waals surface area contributed by atoms with E-state index in [1.165, 1.54) is 0 Å². The molecule has 20 nitrogen and oxygen atoms in total. The summed E-state index contributed by atoms with van der Waals surface area (Å²) in [5, 5.41) is 26.1. The molecule has 302 valence electrons. The van der Waals surface area contributed by atoms with Gasteiger partial charge in [-0.15, -0.1) is 0 Å². The monoisotopic (exact) mass is 746 g/mol. The smallest absolute Gasteiger partial charge is 0.221 e. The molecule has 0 aromatic rings. The van der Waals surface area contributed by atoms with Gasteiger partial charge in [0.1, 0.15) is 0 Å². The lowest BCUT2D eigenvalue weighted by molar-refractivity contribution is -0.123. The van der Waals surface area contributed by atoms with Crippen molar-refractivity contribution in [2.45, 2.75) is 38.5 Å². The molecule has 0 rings (SSSR count). The van der Waals surface area contributed by atoms with Gasteiger partial charge >= 0.3 is 0 Å². The van der Waals surface area contributed by atoms with Gasteiger partial charge in [-0.05, 0) is 0 Å². The van der Waals surface area contributed by atoms with Gasteiger partial charge in [-0.25, -0.2) is 0 Å². The molecular weight excluding hydrogens is 678 g/mol. The Kier molecular flexibility index (Phi) is 31.1. The number of nitrogens with two attached hydrogens (primary N) is 4. The number of aliphatic hydroxyl groups excluding tert-OH is 1. The molecule has 0 saturated heterocycles. The Hall–Kier alpha value is -3.50. The fourth-order valence-corrected chi connectivity index (χ4v) is 4.79. The van der Waals surface area contributed by atoms with Crippen LogP contribution in [0.25, 0.3) is 0 Å². The highest BCUT2D eigenvalue weighted by Crippen LogP contribution is 1.99. The predicted molar refractivity (Wildman–Crippen MR) is 198 cm³/mol. The molecule has 0 radical (unpaired) electrons. The van der Waals surface area contributed by atoms with E-state index in [1.54, 1.807) is 0 Å². The second kappa shape index (κ2) is 33.3. The number of aliphatic hydroxyl groups is 1. The minimum atomic E-state index is -0.206. The van der Waals surface area contributed by atoms with Crippen molar-refractivity contribution in [2.75, 3.05) is 131 Å². The van der Waals surface area contributed by atoms with E-state index in [0.717, 1.165) is 0 Å². The van der Waals surface area contributed by atoms with E-state index >= 15 is 0 Å². The normalized spacial score (nSPS) is 11.1. The molecule has 0 unspecified atom stereocenters. The number of hydrogen-bond acceptors (Lipinski definition) is 14. The van der Waals surface area contributed by atoms with E-state index in [1.807, 2.05) is 14.7 Å². The molecule has 15 N–H and O–H groups in total. The van der Waals surface area contributed by atoms with Crippen molar-refractivity contribution in [3.05, 3.63) is 0 Å². The van der Waals surface area contributed by atoms with Gasteiger partial charge in [0.2, 0.25) is 35.4 Å². The van der Waals surface area contributed by atoms with Gasteiger partial charge in [-0.1, -0.05) is 0 Å². The maximum Gasteiger partial charge on any atom is 0.221 e. The van der Waals surface area contributed by atoms with Gasteiger partial charge in [0.15, 0.2) is 0 Å². The van der Waals surface area contributed by atoms with Crippen LogP contribution in [0, 0.1) is 0 Å². The summed E-state index contributed by atoms with van der Waals surface area (Å²) in [6, 6.07) is 0. The first-order valence-corrected chi connectivity index (χ1v) is 18.3. The van der Waals surface area contributed by atoms with Crippen LogP contribution in [-0.2, 0) is 28.8 Å². The number of nitrogens with zero attached hydrogens (tertiary/aromatic N) is 3. The Morgan fingerprint density at radius 2 is 0.558 bits per heavy atom. The summed E-state index contributed by atoms with van der Waals surface area (Å²) in [5.41, 5.74) is 21.8. The Morgan fingerprint density at radius 3 is 0.769 bits per heavy atom. The van der Waals surface area contributed by atoms with E-state index in [4.69, 9.17) is 22.9 Å². The second-order valence-electron chi connectivity index (χ2n) is 12.0. The Labute approximate surface area is 308 Å². The van der Waals surface area contributed by atoms with Gasteiger partial charge in [-0.3, -0.25) is 28.8 Å². The zero-order valence-corrected chi connectivity index (χ0v) is 30.9. The number of nitrogens with one attached hydrogen (secondary N) is 6. The maximum absolute atomic E-state index is 12.6. The zero-order chi connectivity index (χ0) is 38.8. The van der Waals surface area contributed by atoms with Crippen LogP contribution in [0.5, 0.6) is 0 Å². The first-order chi connectivity index (χ1) is 25.1. The molecular formula is C32H67N13O7. The molecule has 0 aromatic carbocycles. The molecule has 0 atom stereocenters. The van der Waals surface area contributed by atoms with Gasteiger partial charge in [0, 0.05) is 163 Å². The largest absolute Gasteiger partial charge is 0.395 e. The van der Waals surface area contributed by atoms with Crippen LogP contribution in [0.2, 0.25) is 0 Å². The first kappa shape index (κ1) is 48.5. The minimum Gasteiger partial charge on any atom is -0.395 e. The molecule has 52 heavy (non-hydrogen) atoms. The molecule has 0 saturated carbocycles. The number of amides is 6. The van der Waals surface area contributed by atoms with Crippen LogP contribution in [0.4, 0.5) is 0 Å². The van der Waals surface area contributed by atoms with E-state index in [-0.39, 0.29) is 80.6 Å². The summed E-state index contributed by atoms with van der Waals surface area (Å²) in [7, 11) is 0. The van der Waals surface area contributed by atoms with E-state index in [9.17, 15) is 33.9 Å². The van der Waals surface area contributed by atoms with Crippen LogP contribution >= 0.6 is 0 Å². The molecule has 0 spiro atoms. The lowest BCUT2D eigenvalue weighted by Crippen LogP contribution is -2.41. The third-order valence-electron chi connectivity index (χ3n) is 7.71. The van der Waals surface area contributed by atoms with Crippen molar-refractivity contribution < 1.29 is 33.9 Å². The van der Waals surface area contributed by atoms with Crippen LogP contribution in [0.1, 0.15) is 38.5 Å². The average molecular weight is 746 g/mol. The van der Waals surface area contributed by atoms with E-state index < -0.39 is 0 Å². The van der Waals surface area contributed by atoms with Crippen molar-refractivity contribution >= 4 is 35.4 Å². The fourth-order valence-electron chi connectivity index (χ4n) is 4.79. The molecule has 20 heteroatoms. The lowest BCUT2D eigenvalue weighted by atomic mass is 10.3. The minimum absolute atomic E-state index is 0.136. The zero-order valence-electron chi connectivity index (χ0n) is 30.9. The average Bonchev–Trinajstić information content (AvgIpc) is 3.13. The van der Waals surface area contributed by atoms with E-state index in [0.29, 0.717) is 124 Å². The molecule has 0 aromatic heterocycles. The number of carbonyl (C=O) groups is 6. The second-order valence-corrected chi connectivity index (χ2v) is 12.0. The van der Waals surface area contributed by atoms with Crippen molar-refractivity contribution in [3.8, 4) is 0 Å². The summed E-state index contributed by atoms with van der Waals surface area (Å²) in [6.07, 6.45) is 1.20. The Bertz CT molecular complexity index is 888. The standard InChI is InChI=1S/C32H67N13O7/c33-7-11-37-27(47)1-17-43(18-2-28(48)38-12-8-34)23-15-41-31(51)5-21-45(25-26-46)22-6-32(52)42-16-24-44(19-3-29(49)39-13-9-35)20-4-30(50)40-14-10-36/h46H,1-26,33-36H2,(H,37,47)(H,38,48)(H,39,49)(H,40,50)(H,41,51)(H,42,52). The predicted octanol–water partition coefficient (Wildman–Crippen LogP) is -6.24. The van der Waals surface area contributed by atoms with Crippen molar-refractivity contribution in [2.24, 2.45) is 22.9 Å².